The van der Waals surface area contributed by atoms with E-state index in [0.717, 1.165) is 59.0 Å². The van der Waals surface area contributed by atoms with Crippen LogP contribution in [0.15, 0.2) is 67.0 Å². The first kappa shape index (κ1) is 21.9. The number of nitrogens with one attached hydrogen (secondary N) is 3. The number of hydrogen-bond donors (Lipinski definition) is 3. The van der Waals surface area contributed by atoms with Gasteiger partial charge >= 0.3 is 6.09 Å². The van der Waals surface area contributed by atoms with Gasteiger partial charge in [0.25, 0.3) is 0 Å². The number of H-pyrrole nitrogens is 1. The van der Waals surface area contributed by atoms with Gasteiger partial charge in [-0.15, -0.1) is 0 Å². The number of anilines is 1. The summed E-state index contributed by atoms with van der Waals surface area (Å²) < 4.78 is 5.39. The average Bonchev–Trinajstić information content (AvgIpc) is 3.29. The number of ether oxygens (including phenoxy) is 1. The fourth-order valence-corrected chi connectivity index (χ4v) is 4.62. The molecule has 4 aromatic rings. The van der Waals surface area contributed by atoms with Crippen LogP contribution in [0.2, 0.25) is 0 Å². The molecule has 1 saturated carbocycles. The molecular weight excluding hydrogens is 426 g/mol. The average molecular weight is 456 g/mol. The van der Waals surface area contributed by atoms with E-state index in [1.54, 1.807) is 0 Å². The highest BCUT2D eigenvalue weighted by Crippen LogP contribution is 2.30. The SMILES string of the molecule is Cc1cnc(N[C@@H]2CCC[C@H](NC(=O)OCc3ccccc3)C2)nc1-c1c[nH]c2ccccc12. The van der Waals surface area contributed by atoms with Gasteiger partial charge in [0.05, 0.1) is 5.69 Å². The normalized spacial score (nSPS) is 17.9. The number of carbonyl (C=O) groups excluding carboxylic acids is 1. The van der Waals surface area contributed by atoms with Gasteiger partial charge in [0.1, 0.15) is 6.61 Å². The van der Waals surface area contributed by atoms with Crippen molar-refractivity contribution in [2.24, 2.45) is 0 Å². The molecule has 0 aliphatic heterocycles. The van der Waals surface area contributed by atoms with Crippen LogP contribution < -0.4 is 10.6 Å². The number of aryl methyl sites for hydroxylation is 1. The van der Waals surface area contributed by atoms with Gasteiger partial charge in [-0.25, -0.2) is 14.8 Å². The molecule has 7 nitrogen and oxygen atoms in total. The van der Waals surface area contributed by atoms with E-state index in [0.29, 0.717) is 5.95 Å². The molecule has 0 spiro atoms. The van der Waals surface area contributed by atoms with Gasteiger partial charge in [-0.3, -0.25) is 0 Å². The second-order valence-electron chi connectivity index (χ2n) is 8.88. The first-order chi connectivity index (χ1) is 16.7. The zero-order valence-electron chi connectivity index (χ0n) is 19.3. The van der Waals surface area contributed by atoms with Gasteiger partial charge in [0.15, 0.2) is 0 Å². The summed E-state index contributed by atoms with van der Waals surface area (Å²) in [5.41, 5.74) is 5.08. The summed E-state index contributed by atoms with van der Waals surface area (Å²) in [6, 6.07) is 18.2. The molecule has 7 heteroatoms. The minimum Gasteiger partial charge on any atom is -0.445 e. The standard InChI is InChI=1S/C27H29N5O2/c1-18-15-29-26(32-25(18)23-16-28-24-13-6-5-12-22(23)24)30-20-10-7-11-21(14-20)31-27(33)34-17-19-8-3-2-4-9-19/h2-6,8-9,12-13,15-16,20-21,28H,7,10-11,14,17H2,1H3,(H,31,33)(H,29,30,32)/t20-,21+/m1/s1. The molecule has 34 heavy (non-hydrogen) atoms. The van der Waals surface area contributed by atoms with E-state index >= 15 is 0 Å². The summed E-state index contributed by atoms with van der Waals surface area (Å²) in [7, 11) is 0. The summed E-state index contributed by atoms with van der Waals surface area (Å²) in [5, 5.41) is 7.66. The number of rotatable bonds is 6. The summed E-state index contributed by atoms with van der Waals surface area (Å²) in [6.07, 6.45) is 7.27. The minimum atomic E-state index is -0.372. The molecule has 5 rings (SSSR count). The Kier molecular flexibility index (Phi) is 6.42. The summed E-state index contributed by atoms with van der Waals surface area (Å²) >= 11 is 0. The van der Waals surface area contributed by atoms with Crippen molar-refractivity contribution in [3.63, 3.8) is 0 Å². The summed E-state index contributed by atoms with van der Waals surface area (Å²) in [4.78, 5) is 25.0. The maximum atomic E-state index is 12.3. The van der Waals surface area contributed by atoms with Crippen LogP contribution in [-0.2, 0) is 11.3 Å². The Morgan fingerprint density at radius 3 is 2.76 bits per heavy atom. The number of aromatic nitrogens is 3. The largest absolute Gasteiger partial charge is 0.445 e. The van der Waals surface area contributed by atoms with Crippen LogP contribution in [0.5, 0.6) is 0 Å². The molecule has 1 fully saturated rings. The second-order valence-corrected chi connectivity index (χ2v) is 8.88. The van der Waals surface area contributed by atoms with Crippen LogP contribution in [0.1, 0.15) is 36.8 Å². The molecular formula is C27H29N5O2. The predicted octanol–water partition coefficient (Wildman–Crippen LogP) is 5.58. The molecule has 0 radical (unpaired) electrons. The van der Waals surface area contributed by atoms with Crippen molar-refractivity contribution >= 4 is 22.9 Å². The zero-order valence-corrected chi connectivity index (χ0v) is 19.3. The van der Waals surface area contributed by atoms with Crippen LogP contribution in [0.3, 0.4) is 0 Å². The smallest absolute Gasteiger partial charge is 0.407 e. The predicted molar refractivity (Wildman–Crippen MR) is 133 cm³/mol. The van der Waals surface area contributed by atoms with Crippen molar-refractivity contribution in [1.82, 2.24) is 20.3 Å². The van der Waals surface area contributed by atoms with E-state index in [1.165, 1.54) is 0 Å². The number of benzene rings is 2. The Balaban J connectivity index is 1.21. The Hall–Kier alpha value is -3.87. The van der Waals surface area contributed by atoms with E-state index in [1.807, 2.05) is 61.8 Å². The molecule has 1 amide bonds. The van der Waals surface area contributed by atoms with Crippen molar-refractivity contribution in [2.75, 3.05) is 5.32 Å². The lowest BCUT2D eigenvalue weighted by Crippen LogP contribution is -2.42. The van der Waals surface area contributed by atoms with Crippen LogP contribution in [0.4, 0.5) is 10.7 Å². The van der Waals surface area contributed by atoms with Crippen LogP contribution in [-0.4, -0.2) is 33.1 Å². The number of amides is 1. The minimum absolute atomic E-state index is 0.0630. The number of para-hydroxylation sites is 1. The molecule has 174 valence electrons. The third-order valence-corrected chi connectivity index (χ3v) is 6.36. The lowest BCUT2D eigenvalue weighted by atomic mass is 9.91. The molecule has 2 aromatic heterocycles. The van der Waals surface area contributed by atoms with Crippen molar-refractivity contribution in [2.45, 2.75) is 51.3 Å². The molecule has 1 aliphatic carbocycles. The van der Waals surface area contributed by atoms with Crippen molar-refractivity contribution in [3.05, 3.63) is 78.1 Å². The topological polar surface area (TPSA) is 91.9 Å². The Bertz CT molecular complexity index is 1270. The molecule has 2 heterocycles. The van der Waals surface area contributed by atoms with E-state index < -0.39 is 0 Å². The van der Waals surface area contributed by atoms with Gasteiger partial charge in [0.2, 0.25) is 5.95 Å². The lowest BCUT2D eigenvalue weighted by molar-refractivity contribution is 0.132. The highest BCUT2D eigenvalue weighted by molar-refractivity contribution is 5.95. The Labute approximate surface area is 199 Å². The van der Waals surface area contributed by atoms with E-state index in [-0.39, 0.29) is 24.8 Å². The first-order valence-corrected chi connectivity index (χ1v) is 11.8. The van der Waals surface area contributed by atoms with E-state index in [4.69, 9.17) is 9.72 Å². The Morgan fingerprint density at radius 2 is 1.88 bits per heavy atom. The number of fused-ring (bicyclic) bond motifs is 1. The van der Waals surface area contributed by atoms with Gasteiger partial charge in [-0.05, 0) is 49.8 Å². The molecule has 2 aromatic carbocycles. The molecule has 0 bridgehead atoms. The summed E-state index contributed by atoms with van der Waals surface area (Å²) in [5.74, 6) is 0.614. The maximum absolute atomic E-state index is 12.3. The number of carbonyl (C=O) groups is 1. The second kappa shape index (κ2) is 9.95. The zero-order chi connectivity index (χ0) is 23.3. The molecule has 0 saturated heterocycles. The van der Waals surface area contributed by atoms with Crippen LogP contribution >= 0.6 is 0 Å². The maximum Gasteiger partial charge on any atom is 0.407 e. The van der Waals surface area contributed by atoms with E-state index in [9.17, 15) is 4.79 Å². The number of hydrogen-bond acceptors (Lipinski definition) is 5. The fourth-order valence-electron chi connectivity index (χ4n) is 4.62. The lowest BCUT2D eigenvalue weighted by Gasteiger charge is -2.30. The fraction of sp³-hybridized carbons (Fsp3) is 0.296. The van der Waals surface area contributed by atoms with Crippen LogP contribution in [0.25, 0.3) is 22.2 Å². The first-order valence-electron chi connectivity index (χ1n) is 11.8. The summed E-state index contributed by atoms with van der Waals surface area (Å²) in [6.45, 7) is 2.30. The number of nitrogens with zero attached hydrogens (tertiary/aromatic N) is 2. The highest BCUT2D eigenvalue weighted by Gasteiger charge is 2.24. The number of alkyl carbamates (subject to hydrolysis) is 1. The highest BCUT2D eigenvalue weighted by atomic mass is 16.5. The third-order valence-electron chi connectivity index (χ3n) is 6.36. The molecule has 3 N–H and O–H groups in total. The monoisotopic (exact) mass is 455 g/mol. The molecule has 1 aliphatic rings. The quantitative estimate of drug-likeness (QED) is 0.353. The third kappa shape index (κ3) is 5.03. The van der Waals surface area contributed by atoms with Gasteiger partial charge in [-0.1, -0.05) is 48.5 Å². The van der Waals surface area contributed by atoms with Gasteiger partial charge in [0, 0.05) is 40.9 Å². The van der Waals surface area contributed by atoms with Crippen molar-refractivity contribution in [3.8, 4) is 11.3 Å². The molecule has 2 atom stereocenters. The Morgan fingerprint density at radius 1 is 1.09 bits per heavy atom. The molecule has 0 unspecified atom stereocenters. The number of aromatic amines is 1. The van der Waals surface area contributed by atoms with Crippen molar-refractivity contribution < 1.29 is 9.53 Å². The van der Waals surface area contributed by atoms with E-state index in [2.05, 4.69) is 32.7 Å². The van der Waals surface area contributed by atoms with Gasteiger partial charge < -0.3 is 20.4 Å². The van der Waals surface area contributed by atoms with Crippen LogP contribution in [0, 0.1) is 6.92 Å². The van der Waals surface area contributed by atoms with Gasteiger partial charge in [-0.2, -0.15) is 0 Å². The van der Waals surface area contributed by atoms with Crippen molar-refractivity contribution in [1.29, 1.82) is 0 Å².